The summed E-state index contributed by atoms with van der Waals surface area (Å²) >= 11 is 0. The number of ether oxygens (including phenoxy) is 1. The second-order valence-corrected chi connectivity index (χ2v) is 4.89. The smallest absolute Gasteiger partial charge is 0.187 e. The topological polar surface area (TPSA) is 29.5 Å². The summed E-state index contributed by atoms with van der Waals surface area (Å²) < 4.78 is 32.2. The van der Waals surface area contributed by atoms with Gasteiger partial charge in [0.05, 0.1) is 12.7 Å². The minimum atomic E-state index is -0.927. The lowest BCUT2D eigenvalue weighted by Gasteiger charge is -2.29. The molecule has 100 valence electrons. The van der Waals surface area contributed by atoms with Crippen LogP contribution in [0.1, 0.15) is 44.3 Å². The third kappa shape index (κ3) is 2.80. The molecule has 0 saturated carbocycles. The van der Waals surface area contributed by atoms with Gasteiger partial charge in [0.15, 0.2) is 17.4 Å². The van der Waals surface area contributed by atoms with Crippen molar-refractivity contribution in [1.29, 1.82) is 0 Å². The molecule has 2 nitrogen and oxygen atoms in total. The monoisotopic (exact) mass is 256 g/mol. The standard InChI is InChI=1S/C14H18F2O2/c1-2-3-9-4-5-13(18-8-9)10-6-11(15)14(17)12(16)7-10/h6-7,9,13,17H,2-5,8H2,1H3/t9?,13-/m0/s1. The number of phenolic OH excluding ortho intramolecular Hbond substituents is 1. The summed E-state index contributed by atoms with van der Waals surface area (Å²) in [5, 5.41) is 9.05. The Kier molecular flexibility index (Phi) is 4.17. The summed E-state index contributed by atoms with van der Waals surface area (Å²) in [6.45, 7) is 2.78. The van der Waals surface area contributed by atoms with Crippen molar-refractivity contribution in [3.8, 4) is 5.75 Å². The third-order valence-corrected chi connectivity index (χ3v) is 3.48. The Morgan fingerprint density at radius 2 is 1.94 bits per heavy atom. The molecule has 2 atom stereocenters. The minimum Gasteiger partial charge on any atom is -0.503 e. The molecule has 0 aliphatic carbocycles. The zero-order valence-corrected chi connectivity index (χ0v) is 10.5. The van der Waals surface area contributed by atoms with E-state index in [1.165, 1.54) is 0 Å². The lowest BCUT2D eigenvalue weighted by atomic mass is 9.92. The van der Waals surface area contributed by atoms with E-state index in [4.69, 9.17) is 9.84 Å². The summed E-state index contributed by atoms with van der Waals surface area (Å²) in [4.78, 5) is 0. The van der Waals surface area contributed by atoms with Crippen molar-refractivity contribution in [2.24, 2.45) is 5.92 Å². The highest BCUT2D eigenvalue weighted by Crippen LogP contribution is 2.34. The number of phenols is 1. The van der Waals surface area contributed by atoms with Crippen molar-refractivity contribution in [1.82, 2.24) is 0 Å². The van der Waals surface area contributed by atoms with Gasteiger partial charge in [0.2, 0.25) is 0 Å². The van der Waals surface area contributed by atoms with E-state index >= 15 is 0 Å². The molecule has 1 aliphatic rings. The first-order valence-corrected chi connectivity index (χ1v) is 6.41. The van der Waals surface area contributed by atoms with Crippen LogP contribution in [-0.2, 0) is 4.74 Å². The van der Waals surface area contributed by atoms with E-state index in [-0.39, 0.29) is 6.10 Å². The predicted molar refractivity (Wildman–Crippen MR) is 64.3 cm³/mol. The maximum atomic E-state index is 13.2. The van der Waals surface area contributed by atoms with Gasteiger partial charge in [0.1, 0.15) is 0 Å². The second kappa shape index (κ2) is 5.65. The SMILES string of the molecule is CCCC1CC[C@@H](c2cc(F)c(O)c(F)c2)OC1. The van der Waals surface area contributed by atoms with E-state index in [1.54, 1.807) is 0 Å². The van der Waals surface area contributed by atoms with Crippen molar-refractivity contribution in [2.45, 2.75) is 38.7 Å². The van der Waals surface area contributed by atoms with Crippen molar-refractivity contribution in [2.75, 3.05) is 6.61 Å². The molecular weight excluding hydrogens is 238 g/mol. The van der Waals surface area contributed by atoms with Crippen LogP contribution in [0.4, 0.5) is 8.78 Å². The van der Waals surface area contributed by atoms with Crippen LogP contribution in [0.25, 0.3) is 0 Å². The molecule has 0 radical (unpaired) electrons. The number of aromatic hydroxyl groups is 1. The molecule has 1 fully saturated rings. The Hall–Kier alpha value is -1.16. The number of rotatable bonds is 3. The van der Waals surface area contributed by atoms with Crippen molar-refractivity contribution >= 4 is 0 Å². The summed E-state index contributed by atoms with van der Waals surface area (Å²) in [7, 11) is 0. The van der Waals surface area contributed by atoms with Gasteiger partial charge in [-0.05, 0) is 42.9 Å². The van der Waals surface area contributed by atoms with Gasteiger partial charge < -0.3 is 9.84 Å². The van der Waals surface area contributed by atoms with Crippen LogP contribution in [0.5, 0.6) is 5.75 Å². The van der Waals surface area contributed by atoms with Gasteiger partial charge in [-0.3, -0.25) is 0 Å². The summed E-state index contributed by atoms with van der Waals surface area (Å²) in [5.41, 5.74) is 0.470. The number of hydrogen-bond donors (Lipinski definition) is 1. The predicted octanol–water partition coefficient (Wildman–Crippen LogP) is 3.94. The molecule has 1 aliphatic heterocycles. The molecule has 4 heteroatoms. The molecule has 0 bridgehead atoms. The van der Waals surface area contributed by atoms with E-state index in [0.29, 0.717) is 18.1 Å². The second-order valence-electron chi connectivity index (χ2n) is 4.89. The highest BCUT2D eigenvalue weighted by atomic mass is 19.1. The molecular formula is C14H18F2O2. The highest BCUT2D eigenvalue weighted by molar-refractivity contribution is 5.31. The number of hydrogen-bond acceptors (Lipinski definition) is 2. The molecule has 1 unspecified atom stereocenters. The van der Waals surface area contributed by atoms with E-state index < -0.39 is 17.4 Å². The quantitative estimate of drug-likeness (QED) is 0.887. The first-order chi connectivity index (χ1) is 8.61. The van der Waals surface area contributed by atoms with Crippen molar-refractivity contribution in [3.63, 3.8) is 0 Å². The van der Waals surface area contributed by atoms with Gasteiger partial charge in [-0.1, -0.05) is 13.3 Å². The Morgan fingerprint density at radius 3 is 2.44 bits per heavy atom. The van der Waals surface area contributed by atoms with Gasteiger partial charge in [-0.2, -0.15) is 0 Å². The average molecular weight is 256 g/mol. The molecule has 1 heterocycles. The molecule has 2 rings (SSSR count). The molecule has 0 aromatic heterocycles. The number of halogens is 2. The molecule has 0 amide bonds. The molecule has 1 N–H and O–H groups in total. The Labute approximate surface area is 106 Å². The highest BCUT2D eigenvalue weighted by Gasteiger charge is 2.24. The van der Waals surface area contributed by atoms with Crippen LogP contribution >= 0.6 is 0 Å². The fourth-order valence-corrected chi connectivity index (χ4v) is 2.48. The van der Waals surface area contributed by atoms with E-state index in [2.05, 4.69) is 6.92 Å². The van der Waals surface area contributed by atoms with Crippen LogP contribution in [0.15, 0.2) is 12.1 Å². The van der Waals surface area contributed by atoms with Gasteiger partial charge in [0.25, 0.3) is 0 Å². The van der Waals surface area contributed by atoms with Crippen LogP contribution in [0.2, 0.25) is 0 Å². The van der Waals surface area contributed by atoms with Crippen molar-refractivity contribution in [3.05, 3.63) is 29.3 Å². The first-order valence-electron chi connectivity index (χ1n) is 6.41. The fourth-order valence-electron chi connectivity index (χ4n) is 2.48. The van der Waals surface area contributed by atoms with Gasteiger partial charge >= 0.3 is 0 Å². The van der Waals surface area contributed by atoms with Crippen LogP contribution in [0.3, 0.4) is 0 Å². The fraction of sp³-hybridized carbons (Fsp3) is 0.571. The third-order valence-electron chi connectivity index (χ3n) is 3.48. The van der Waals surface area contributed by atoms with E-state index in [1.807, 2.05) is 0 Å². The molecule has 1 saturated heterocycles. The number of benzene rings is 1. The molecule has 1 aromatic carbocycles. The molecule has 1 aromatic rings. The summed E-state index contributed by atoms with van der Waals surface area (Å²) in [6, 6.07) is 2.31. The average Bonchev–Trinajstić information content (AvgIpc) is 2.37. The lowest BCUT2D eigenvalue weighted by molar-refractivity contribution is -0.0197. The normalized spacial score (nSPS) is 24.2. The minimum absolute atomic E-state index is 0.261. The maximum Gasteiger partial charge on any atom is 0.187 e. The largest absolute Gasteiger partial charge is 0.503 e. The van der Waals surface area contributed by atoms with Crippen LogP contribution in [0, 0.1) is 17.6 Å². The Balaban J connectivity index is 2.05. The van der Waals surface area contributed by atoms with E-state index in [0.717, 1.165) is 37.8 Å². The van der Waals surface area contributed by atoms with Crippen LogP contribution < -0.4 is 0 Å². The molecule has 18 heavy (non-hydrogen) atoms. The zero-order valence-electron chi connectivity index (χ0n) is 10.5. The van der Waals surface area contributed by atoms with Crippen molar-refractivity contribution < 1.29 is 18.6 Å². The Morgan fingerprint density at radius 1 is 1.28 bits per heavy atom. The van der Waals surface area contributed by atoms with Gasteiger partial charge in [0, 0.05) is 0 Å². The van der Waals surface area contributed by atoms with Gasteiger partial charge in [-0.25, -0.2) is 8.78 Å². The van der Waals surface area contributed by atoms with Crippen LogP contribution in [-0.4, -0.2) is 11.7 Å². The first kappa shape index (κ1) is 13.3. The lowest BCUT2D eigenvalue weighted by Crippen LogP contribution is -2.20. The summed E-state index contributed by atoms with van der Waals surface area (Å²) in [6.07, 6.45) is 3.78. The maximum absolute atomic E-state index is 13.2. The van der Waals surface area contributed by atoms with Gasteiger partial charge in [-0.15, -0.1) is 0 Å². The summed E-state index contributed by atoms with van der Waals surface area (Å²) in [5.74, 6) is -2.22. The van der Waals surface area contributed by atoms with E-state index in [9.17, 15) is 8.78 Å². The molecule has 0 spiro atoms. The Bertz CT molecular complexity index is 389. The zero-order chi connectivity index (χ0) is 13.1.